The first-order chi connectivity index (χ1) is 14.5. The Morgan fingerprint density at radius 1 is 1.07 bits per heavy atom. The van der Waals surface area contributed by atoms with Gasteiger partial charge >= 0.3 is 0 Å². The zero-order valence-electron chi connectivity index (χ0n) is 19.6. The molecule has 4 unspecified atom stereocenters. The Morgan fingerprint density at radius 3 is 2.73 bits per heavy atom. The summed E-state index contributed by atoms with van der Waals surface area (Å²) in [6.45, 7) is 8.67. The Bertz CT molecular complexity index is 755. The highest BCUT2D eigenvalue weighted by Crippen LogP contribution is 2.62. The Kier molecular flexibility index (Phi) is 7.01. The summed E-state index contributed by atoms with van der Waals surface area (Å²) >= 11 is 0. The van der Waals surface area contributed by atoms with Crippen LogP contribution in [0.1, 0.15) is 61.6 Å². The minimum atomic E-state index is 0.398. The molecule has 1 aromatic carbocycles. The maximum absolute atomic E-state index is 5.88. The zero-order valence-corrected chi connectivity index (χ0v) is 19.6. The van der Waals surface area contributed by atoms with Crippen LogP contribution in [0.2, 0.25) is 0 Å². The average Bonchev–Trinajstić information content (AvgIpc) is 3.05. The van der Waals surface area contributed by atoms with Gasteiger partial charge in [0.2, 0.25) is 0 Å². The fourth-order valence-corrected chi connectivity index (χ4v) is 6.60. The van der Waals surface area contributed by atoms with E-state index < -0.39 is 0 Å². The molecule has 2 fully saturated rings. The maximum Gasteiger partial charge on any atom is 0.0704 e. The largest absolute Gasteiger partial charge is 0.378 e. The van der Waals surface area contributed by atoms with Gasteiger partial charge in [0.05, 0.1) is 26.4 Å². The Morgan fingerprint density at radius 2 is 1.90 bits per heavy atom. The quantitative estimate of drug-likeness (QED) is 0.424. The van der Waals surface area contributed by atoms with E-state index in [-0.39, 0.29) is 0 Å². The van der Waals surface area contributed by atoms with Crippen molar-refractivity contribution in [2.24, 2.45) is 17.3 Å². The molecule has 0 N–H and O–H groups in total. The molecule has 0 spiro atoms. The highest BCUT2D eigenvalue weighted by molar-refractivity contribution is 5.38. The molecule has 4 atom stereocenters. The summed E-state index contributed by atoms with van der Waals surface area (Å²) in [5.41, 5.74) is 6.80. The van der Waals surface area contributed by atoms with Crippen LogP contribution in [-0.4, -0.2) is 52.0 Å². The van der Waals surface area contributed by atoms with Gasteiger partial charge in [0, 0.05) is 6.54 Å². The lowest BCUT2D eigenvalue weighted by atomic mass is 9.55. The van der Waals surface area contributed by atoms with E-state index in [1.165, 1.54) is 44.1 Å². The number of nitrogens with zero attached hydrogens (tertiary/aromatic N) is 1. The van der Waals surface area contributed by atoms with Gasteiger partial charge in [0.1, 0.15) is 0 Å². The minimum Gasteiger partial charge on any atom is -0.378 e. The highest BCUT2D eigenvalue weighted by Gasteiger charge is 2.52. The summed E-state index contributed by atoms with van der Waals surface area (Å²) in [5, 5.41) is 0. The third kappa shape index (κ3) is 4.54. The number of rotatable bonds is 8. The van der Waals surface area contributed by atoms with Crippen molar-refractivity contribution in [1.82, 2.24) is 4.90 Å². The SMILES string of the molecule is Cc1ccc2c(c1)CCC1C2CCC2(C)/C(=C/COCCOCCN(C)C)CCC12. The van der Waals surface area contributed by atoms with Crippen molar-refractivity contribution in [3.05, 3.63) is 46.5 Å². The molecule has 3 nitrogen and oxygen atoms in total. The van der Waals surface area contributed by atoms with Crippen molar-refractivity contribution in [3.8, 4) is 0 Å². The Balaban J connectivity index is 1.32. The number of allylic oxidation sites excluding steroid dienone is 1. The summed E-state index contributed by atoms with van der Waals surface area (Å²) in [6, 6.07) is 7.22. The van der Waals surface area contributed by atoms with Crippen LogP contribution in [-0.2, 0) is 15.9 Å². The van der Waals surface area contributed by atoms with E-state index >= 15 is 0 Å². The second-order valence-electron chi connectivity index (χ2n) is 10.3. The molecule has 166 valence electrons. The van der Waals surface area contributed by atoms with Gasteiger partial charge in [-0.3, -0.25) is 0 Å². The normalized spacial score (nSPS) is 31.6. The maximum atomic E-state index is 5.88. The molecule has 0 bridgehead atoms. The van der Waals surface area contributed by atoms with Gasteiger partial charge in [-0.05, 0) is 93.8 Å². The minimum absolute atomic E-state index is 0.398. The molecule has 0 aliphatic heterocycles. The van der Waals surface area contributed by atoms with Gasteiger partial charge in [-0.1, -0.05) is 42.3 Å². The van der Waals surface area contributed by atoms with Crippen LogP contribution in [0.5, 0.6) is 0 Å². The molecule has 1 aromatic rings. The number of aryl methyl sites for hydroxylation is 2. The van der Waals surface area contributed by atoms with Crippen molar-refractivity contribution in [1.29, 1.82) is 0 Å². The molecule has 3 aliphatic carbocycles. The van der Waals surface area contributed by atoms with Gasteiger partial charge in [-0.2, -0.15) is 0 Å². The van der Waals surface area contributed by atoms with Crippen LogP contribution in [0.4, 0.5) is 0 Å². The summed E-state index contributed by atoms with van der Waals surface area (Å²) in [4.78, 5) is 2.14. The van der Waals surface area contributed by atoms with E-state index in [2.05, 4.69) is 57.1 Å². The molecule has 0 heterocycles. The molecule has 4 rings (SSSR count). The predicted octanol–water partition coefficient (Wildman–Crippen LogP) is 5.37. The van der Waals surface area contributed by atoms with Crippen LogP contribution < -0.4 is 0 Å². The zero-order chi connectivity index (χ0) is 21.1. The standard InChI is InChI=1S/C27H41NO2/c1-20-5-8-23-21(19-20)6-9-25-24(23)11-13-27(2)22(7-10-26(25)27)12-15-29-17-18-30-16-14-28(3)4/h5,8,12,19,24-26H,6-7,9-11,13-18H2,1-4H3/b22-12+. The summed E-state index contributed by atoms with van der Waals surface area (Å²) in [5.74, 6) is 2.52. The summed E-state index contributed by atoms with van der Waals surface area (Å²) in [7, 11) is 4.14. The average molecular weight is 412 g/mol. The first-order valence-electron chi connectivity index (χ1n) is 12.1. The number of ether oxygens (including phenoxy) is 2. The van der Waals surface area contributed by atoms with Crippen molar-refractivity contribution in [2.75, 3.05) is 47.1 Å². The van der Waals surface area contributed by atoms with Gasteiger partial charge in [-0.25, -0.2) is 0 Å². The van der Waals surface area contributed by atoms with Crippen LogP contribution >= 0.6 is 0 Å². The van der Waals surface area contributed by atoms with Gasteiger partial charge < -0.3 is 14.4 Å². The smallest absolute Gasteiger partial charge is 0.0704 e. The van der Waals surface area contributed by atoms with Crippen LogP contribution in [0.25, 0.3) is 0 Å². The molecule has 0 amide bonds. The third-order valence-corrected chi connectivity index (χ3v) is 8.23. The molecule has 0 saturated heterocycles. The molecule has 3 heteroatoms. The molecule has 0 aromatic heterocycles. The van der Waals surface area contributed by atoms with Gasteiger partial charge in [-0.15, -0.1) is 0 Å². The molecule has 30 heavy (non-hydrogen) atoms. The summed E-state index contributed by atoms with van der Waals surface area (Å²) < 4.78 is 11.5. The molecular weight excluding hydrogens is 370 g/mol. The fourth-order valence-electron chi connectivity index (χ4n) is 6.60. The van der Waals surface area contributed by atoms with Gasteiger partial charge in [0.15, 0.2) is 0 Å². The van der Waals surface area contributed by atoms with Crippen LogP contribution in [0, 0.1) is 24.2 Å². The molecular formula is C27H41NO2. The first-order valence-corrected chi connectivity index (χ1v) is 12.1. The van der Waals surface area contributed by atoms with Crippen molar-refractivity contribution < 1.29 is 9.47 Å². The second-order valence-corrected chi connectivity index (χ2v) is 10.3. The lowest BCUT2D eigenvalue weighted by Gasteiger charge is -2.49. The lowest BCUT2D eigenvalue weighted by Crippen LogP contribution is -2.40. The van der Waals surface area contributed by atoms with E-state index in [1.54, 1.807) is 16.7 Å². The monoisotopic (exact) mass is 411 g/mol. The predicted molar refractivity (Wildman–Crippen MR) is 124 cm³/mol. The molecule has 2 saturated carbocycles. The number of hydrogen-bond donors (Lipinski definition) is 0. The van der Waals surface area contributed by atoms with Crippen LogP contribution in [0.3, 0.4) is 0 Å². The summed E-state index contributed by atoms with van der Waals surface area (Å²) in [6.07, 6.45) is 10.4. The number of hydrogen-bond acceptors (Lipinski definition) is 3. The number of benzene rings is 1. The van der Waals surface area contributed by atoms with Gasteiger partial charge in [0.25, 0.3) is 0 Å². The van der Waals surface area contributed by atoms with Crippen LogP contribution in [0.15, 0.2) is 29.8 Å². The second kappa shape index (κ2) is 9.54. The lowest BCUT2D eigenvalue weighted by molar-refractivity contribution is 0.0512. The van der Waals surface area contributed by atoms with Crippen molar-refractivity contribution >= 4 is 0 Å². The van der Waals surface area contributed by atoms with Crippen molar-refractivity contribution in [2.45, 2.75) is 58.3 Å². The van der Waals surface area contributed by atoms with E-state index in [0.717, 1.165) is 37.5 Å². The first kappa shape index (κ1) is 22.0. The molecule has 0 radical (unpaired) electrons. The van der Waals surface area contributed by atoms with Crippen molar-refractivity contribution in [3.63, 3.8) is 0 Å². The molecule has 3 aliphatic rings. The fraction of sp³-hybridized carbons (Fsp3) is 0.704. The van der Waals surface area contributed by atoms with E-state index in [0.29, 0.717) is 18.6 Å². The number of fused-ring (bicyclic) bond motifs is 5. The Hall–Kier alpha value is -1.16. The number of likely N-dealkylation sites (N-methyl/N-ethyl adjacent to an activating group) is 1. The Labute approximate surface area is 183 Å². The topological polar surface area (TPSA) is 21.7 Å². The van der Waals surface area contributed by atoms with E-state index in [4.69, 9.17) is 9.47 Å². The highest BCUT2D eigenvalue weighted by atomic mass is 16.5. The van der Waals surface area contributed by atoms with E-state index in [1.807, 2.05) is 0 Å². The van der Waals surface area contributed by atoms with E-state index in [9.17, 15) is 0 Å². The third-order valence-electron chi connectivity index (χ3n) is 8.23.